The number of aromatic nitrogens is 1. The molecule has 0 aliphatic heterocycles. The Balaban J connectivity index is 0.00000192. The van der Waals surface area contributed by atoms with Gasteiger partial charge in [-0.2, -0.15) is 0 Å². The molecule has 0 fully saturated rings. The van der Waals surface area contributed by atoms with Crippen LogP contribution in [0, 0.1) is 0 Å². The average Bonchev–Trinajstić information content (AvgIpc) is 2.56. The minimum Gasteiger partial charge on any atom is -0.493 e. The largest absolute Gasteiger partial charge is 0.493 e. The van der Waals surface area contributed by atoms with Gasteiger partial charge in [0.05, 0.1) is 14.2 Å². The Morgan fingerprint density at radius 1 is 0.913 bits per heavy atom. The number of pyridine rings is 1. The van der Waals surface area contributed by atoms with Gasteiger partial charge < -0.3 is 9.47 Å². The van der Waals surface area contributed by atoms with Gasteiger partial charge in [0.25, 0.3) is 0 Å². The number of benzene rings is 2. The van der Waals surface area contributed by atoms with E-state index in [-0.39, 0.29) is 17.0 Å². The Hall–Kier alpha value is -1.78. The summed E-state index contributed by atoms with van der Waals surface area (Å²) in [6.07, 6.45) is 4.49. The zero-order valence-electron chi connectivity index (χ0n) is 12.9. The number of halogens is 2. The van der Waals surface area contributed by atoms with E-state index < -0.39 is 0 Å². The summed E-state index contributed by atoms with van der Waals surface area (Å²) in [7, 11) is 3.28. The SMILES string of the molecule is Br.COc1ccc2c(Cc3ccc(Cl)cc3)cncc2c1OC. The van der Waals surface area contributed by atoms with Crippen LogP contribution in [0.5, 0.6) is 11.5 Å². The summed E-state index contributed by atoms with van der Waals surface area (Å²) in [5.74, 6) is 1.42. The molecule has 0 amide bonds. The third-order valence-corrected chi connectivity index (χ3v) is 3.92. The highest BCUT2D eigenvalue weighted by Gasteiger charge is 2.12. The Morgan fingerprint density at radius 2 is 1.65 bits per heavy atom. The highest BCUT2D eigenvalue weighted by molar-refractivity contribution is 8.93. The van der Waals surface area contributed by atoms with Gasteiger partial charge in [-0.3, -0.25) is 4.98 Å². The molecule has 0 bridgehead atoms. The fraction of sp³-hybridized carbons (Fsp3) is 0.167. The molecule has 5 heteroatoms. The first kappa shape index (κ1) is 17.6. The van der Waals surface area contributed by atoms with Gasteiger partial charge in [0.15, 0.2) is 11.5 Å². The molecule has 0 radical (unpaired) electrons. The molecule has 2 aromatic carbocycles. The number of hydrogen-bond donors (Lipinski definition) is 0. The number of methoxy groups -OCH3 is 2. The Morgan fingerprint density at radius 3 is 2.30 bits per heavy atom. The van der Waals surface area contributed by atoms with E-state index in [2.05, 4.69) is 4.98 Å². The van der Waals surface area contributed by atoms with Crippen LogP contribution in [0.3, 0.4) is 0 Å². The highest BCUT2D eigenvalue weighted by Crippen LogP contribution is 2.36. The maximum atomic E-state index is 5.94. The van der Waals surface area contributed by atoms with Gasteiger partial charge in [-0.15, -0.1) is 17.0 Å². The molecule has 0 saturated carbocycles. The van der Waals surface area contributed by atoms with Crippen molar-refractivity contribution in [2.45, 2.75) is 6.42 Å². The molecule has 23 heavy (non-hydrogen) atoms. The van der Waals surface area contributed by atoms with Crippen LogP contribution in [0.4, 0.5) is 0 Å². The first-order valence-corrected chi connectivity index (χ1v) is 7.32. The minimum atomic E-state index is 0. The first-order valence-electron chi connectivity index (χ1n) is 6.95. The summed E-state index contributed by atoms with van der Waals surface area (Å²) < 4.78 is 10.8. The topological polar surface area (TPSA) is 31.4 Å². The van der Waals surface area contributed by atoms with Crippen molar-refractivity contribution < 1.29 is 9.47 Å². The van der Waals surface area contributed by atoms with Crippen LogP contribution >= 0.6 is 28.6 Å². The minimum absolute atomic E-state index is 0. The van der Waals surface area contributed by atoms with E-state index in [0.717, 1.165) is 27.8 Å². The number of rotatable bonds is 4. The molecule has 0 N–H and O–H groups in total. The second kappa shape index (κ2) is 7.66. The van der Waals surface area contributed by atoms with Crippen molar-refractivity contribution in [3.05, 3.63) is 64.9 Å². The maximum absolute atomic E-state index is 5.94. The molecular weight excluding hydrogens is 378 g/mol. The van der Waals surface area contributed by atoms with Crippen molar-refractivity contribution in [3.63, 3.8) is 0 Å². The van der Waals surface area contributed by atoms with Crippen molar-refractivity contribution in [2.24, 2.45) is 0 Å². The molecule has 0 unspecified atom stereocenters. The van der Waals surface area contributed by atoms with Gasteiger partial charge in [0, 0.05) is 22.8 Å². The van der Waals surface area contributed by atoms with Crippen LogP contribution in [0.25, 0.3) is 10.8 Å². The van der Waals surface area contributed by atoms with E-state index in [1.165, 1.54) is 5.56 Å². The second-order valence-corrected chi connectivity index (χ2v) is 5.43. The Kier molecular flexibility index (Phi) is 5.85. The number of hydrogen-bond acceptors (Lipinski definition) is 3. The van der Waals surface area contributed by atoms with Gasteiger partial charge in [0.1, 0.15) is 0 Å². The molecule has 0 saturated heterocycles. The molecule has 3 rings (SSSR count). The lowest BCUT2D eigenvalue weighted by Crippen LogP contribution is -1.95. The zero-order valence-corrected chi connectivity index (χ0v) is 15.3. The summed E-state index contributed by atoms with van der Waals surface area (Å²) in [6.45, 7) is 0. The van der Waals surface area contributed by atoms with Crippen molar-refractivity contribution in [3.8, 4) is 11.5 Å². The molecule has 120 valence electrons. The van der Waals surface area contributed by atoms with E-state index in [9.17, 15) is 0 Å². The molecule has 0 atom stereocenters. The molecular formula is C18H17BrClNO2. The molecule has 3 aromatic rings. The van der Waals surface area contributed by atoms with Crippen molar-refractivity contribution in [1.29, 1.82) is 0 Å². The molecule has 3 nitrogen and oxygen atoms in total. The van der Waals surface area contributed by atoms with Gasteiger partial charge in [-0.1, -0.05) is 29.8 Å². The van der Waals surface area contributed by atoms with Crippen LogP contribution in [0.2, 0.25) is 5.02 Å². The predicted octanol–water partition coefficient (Wildman–Crippen LogP) is 5.07. The first-order chi connectivity index (χ1) is 10.7. The maximum Gasteiger partial charge on any atom is 0.170 e. The lowest BCUT2D eigenvalue weighted by atomic mass is 10.0. The third-order valence-electron chi connectivity index (χ3n) is 3.67. The highest BCUT2D eigenvalue weighted by atomic mass is 79.9. The van der Waals surface area contributed by atoms with Crippen LogP contribution in [-0.4, -0.2) is 19.2 Å². The summed E-state index contributed by atoms with van der Waals surface area (Å²) in [5.41, 5.74) is 2.33. The van der Waals surface area contributed by atoms with Crippen LogP contribution in [0.1, 0.15) is 11.1 Å². The smallest absolute Gasteiger partial charge is 0.170 e. The summed E-state index contributed by atoms with van der Waals surface area (Å²) in [5, 5.41) is 2.81. The monoisotopic (exact) mass is 393 g/mol. The quantitative estimate of drug-likeness (QED) is 0.619. The number of nitrogens with zero attached hydrogens (tertiary/aromatic N) is 1. The Labute approximate surface area is 151 Å². The fourth-order valence-corrected chi connectivity index (χ4v) is 2.72. The number of ether oxygens (including phenoxy) is 2. The van der Waals surface area contributed by atoms with E-state index in [1.807, 2.05) is 48.8 Å². The van der Waals surface area contributed by atoms with E-state index in [1.54, 1.807) is 14.2 Å². The van der Waals surface area contributed by atoms with Gasteiger partial charge in [0.2, 0.25) is 0 Å². The summed E-state index contributed by atoms with van der Waals surface area (Å²) in [4.78, 5) is 4.35. The molecule has 0 spiro atoms. The number of fused-ring (bicyclic) bond motifs is 1. The average molecular weight is 395 g/mol. The standard InChI is InChI=1S/C18H16ClNO2.BrH/c1-21-17-8-7-15-13(9-12-3-5-14(19)6-4-12)10-20-11-16(15)18(17)22-2;/h3-8,10-11H,9H2,1-2H3;1H. The lowest BCUT2D eigenvalue weighted by molar-refractivity contribution is 0.358. The van der Waals surface area contributed by atoms with E-state index in [4.69, 9.17) is 21.1 Å². The van der Waals surface area contributed by atoms with Gasteiger partial charge in [-0.25, -0.2) is 0 Å². The second-order valence-electron chi connectivity index (χ2n) is 5.00. The van der Waals surface area contributed by atoms with Crippen molar-refractivity contribution in [1.82, 2.24) is 4.98 Å². The van der Waals surface area contributed by atoms with Crippen LogP contribution in [-0.2, 0) is 6.42 Å². The molecule has 1 heterocycles. The zero-order chi connectivity index (χ0) is 15.5. The summed E-state index contributed by atoms with van der Waals surface area (Å²) >= 11 is 5.94. The summed E-state index contributed by atoms with van der Waals surface area (Å²) in [6, 6.07) is 11.8. The van der Waals surface area contributed by atoms with E-state index in [0.29, 0.717) is 11.5 Å². The molecule has 0 aliphatic carbocycles. The fourth-order valence-electron chi connectivity index (χ4n) is 2.59. The molecule has 0 aliphatic rings. The van der Waals surface area contributed by atoms with E-state index >= 15 is 0 Å². The predicted molar refractivity (Wildman–Crippen MR) is 99.4 cm³/mol. The van der Waals surface area contributed by atoms with Crippen molar-refractivity contribution in [2.75, 3.05) is 14.2 Å². The van der Waals surface area contributed by atoms with Gasteiger partial charge >= 0.3 is 0 Å². The van der Waals surface area contributed by atoms with Gasteiger partial charge in [-0.05, 0) is 41.1 Å². The normalized spacial score (nSPS) is 10.2. The molecule has 1 aromatic heterocycles. The van der Waals surface area contributed by atoms with Crippen molar-refractivity contribution >= 4 is 39.4 Å². The van der Waals surface area contributed by atoms with Crippen LogP contribution in [0.15, 0.2) is 48.8 Å². The lowest BCUT2D eigenvalue weighted by Gasteiger charge is -2.13. The third kappa shape index (κ3) is 3.59. The van der Waals surface area contributed by atoms with Crippen LogP contribution < -0.4 is 9.47 Å². The Bertz CT molecular complexity index is 806.